The molecule has 1 fully saturated rings. The molecule has 0 radical (unpaired) electrons. The van der Waals surface area contributed by atoms with E-state index in [9.17, 15) is 8.78 Å². The Balaban J connectivity index is 1.28. The molecule has 2 aromatic carbocycles. The van der Waals surface area contributed by atoms with Gasteiger partial charge in [-0.2, -0.15) is 5.10 Å². The lowest BCUT2D eigenvalue weighted by atomic mass is 10.1. The van der Waals surface area contributed by atoms with E-state index >= 15 is 0 Å². The van der Waals surface area contributed by atoms with Crippen molar-refractivity contribution in [2.24, 2.45) is 0 Å². The summed E-state index contributed by atoms with van der Waals surface area (Å²) < 4.78 is 37.5. The fourth-order valence-corrected chi connectivity index (χ4v) is 3.36. The summed E-state index contributed by atoms with van der Waals surface area (Å²) >= 11 is 0. The lowest BCUT2D eigenvalue weighted by Crippen LogP contribution is -2.37. The summed E-state index contributed by atoms with van der Waals surface area (Å²) in [6.45, 7) is 3.41. The summed E-state index contributed by atoms with van der Waals surface area (Å²) in [5.41, 5.74) is 2.90. The molecule has 3 aromatic rings. The lowest BCUT2D eigenvalue weighted by Gasteiger charge is -2.32. The van der Waals surface area contributed by atoms with Gasteiger partial charge in [0.05, 0.1) is 18.9 Å². The zero-order chi connectivity index (χ0) is 20.1. The first-order chi connectivity index (χ1) is 14.2. The number of morpholine rings is 1. The topological polar surface area (TPSA) is 50.4 Å². The van der Waals surface area contributed by atoms with Crippen LogP contribution < -0.4 is 4.74 Å². The van der Waals surface area contributed by atoms with Gasteiger partial charge < -0.3 is 9.47 Å². The van der Waals surface area contributed by atoms with E-state index < -0.39 is 0 Å². The minimum absolute atomic E-state index is 0.104. The van der Waals surface area contributed by atoms with Crippen LogP contribution in [0.15, 0.2) is 54.6 Å². The van der Waals surface area contributed by atoms with Gasteiger partial charge in [0, 0.05) is 31.7 Å². The molecule has 1 aliphatic heterocycles. The van der Waals surface area contributed by atoms with E-state index in [1.807, 2.05) is 18.2 Å². The van der Waals surface area contributed by atoms with Crippen molar-refractivity contribution in [1.82, 2.24) is 15.1 Å². The van der Waals surface area contributed by atoms with E-state index in [1.165, 1.54) is 24.3 Å². The van der Waals surface area contributed by atoms with E-state index in [1.54, 1.807) is 12.1 Å². The fraction of sp³-hybridized carbons (Fsp3) is 0.318. The first-order valence-electron chi connectivity index (χ1n) is 9.67. The highest BCUT2D eigenvalue weighted by Gasteiger charge is 2.24. The number of halogens is 2. The van der Waals surface area contributed by atoms with Crippen LogP contribution in [0.1, 0.15) is 23.1 Å². The molecule has 29 heavy (non-hydrogen) atoms. The number of ether oxygens (including phenoxy) is 2. The maximum Gasteiger partial charge on any atom is 0.123 e. The highest BCUT2D eigenvalue weighted by atomic mass is 19.1. The highest BCUT2D eigenvalue weighted by Crippen LogP contribution is 2.23. The van der Waals surface area contributed by atoms with Gasteiger partial charge in [-0.15, -0.1) is 0 Å². The number of hydrogen-bond donors (Lipinski definition) is 1. The average Bonchev–Trinajstić information content (AvgIpc) is 3.21. The molecule has 1 atom stereocenters. The molecule has 0 saturated carbocycles. The predicted molar refractivity (Wildman–Crippen MR) is 105 cm³/mol. The third-order valence-corrected chi connectivity index (χ3v) is 4.90. The van der Waals surface area contributed by atoms with Crippen molar-refractivity contribution in [3.63, 3.8) is 0 Å². The third kappa shape index (κ3) is 5.40. The van der Waals surface area contributed by atoms with Crippen molar-refractivity contribution in [3.05, 3.63) is 83.2 Å². The molecule has 1 aromatic heterocycles. The zero-order valence-electron chi connectivity index (χ0n) is 16.0. The third-order valence-electron chi connectivity index (χ3n) is 4.90. The van der Waals surface area contributed by atoms with Crippen LogP contribution in [-0.2, 0) is 17.7 Å². The monoisotopic (exact) mass is 399 g/mol. The summed E-state index contributed by atoms with van der Waals surface area (Å²) in [7, 11) is 0. The molecule has 1 N–H and O–H groups in total. The Morgan fingerprint density at radius 1 is 1.07 bits per heavy atom. The molecule has 0 unspecified atom stereocenters. The fourth-order valence-electron chi connectivity index (χ4n) is 3.36. The van der Waals surface area contributed by atoms with Gasteiger partial charge in [0.1, 0.15) is 23.5 Å². The van der Waals surface area contributed by atoms with E-state index in [2.05, 4.69) is 15.1 Å². The van der Waals surface area contributed by atoms with E-state index in [0.29, 0.717) is 25.4 Å². The molecule has 0 aliphatic carbocycles. The molecule has 0 bridgehead atoms. The maximum atomic E-state index is 13.1. The van der Waals surface area contributed by atoms with Crippen molar-refractivity contribution in [1.29, 1.82) is 0 Å². The molecule has 1 aliphatic rings. The van der Waals surface area contributed by atoms with Crippen LogP contribution in [0.3, 0.4) is 0 Å². The van der Waals surface area contributed by atoms with Crippen LogP contribution in [0.4, 0.5) is 8.78 Å². The van der Waals surface area contributed by atoms with E-state index in [0.717, 1.165) is 36.6 Å². The Kier molecular flexibility index (Phi) is 6.17. The molecule has 0 amide bonds. The second kappa shape index (κ2) is 9.15. The van der Waals surface area contributed by atoms with Gasteiger partial charge in [-0.1, -0.05) is 12.1 Å². The number of benzene rings is 2. The first kappa shape index (κ1) is 19.5. The number of aromatic amines is 1. The number of aromatic nitrogens is 2. The lowest BCUT2D eigenvalue weighted by molar-refractivity contribution is -0.0350. The van der Waals surface area contributed by atoms with Gasteiger partial charge >= 0.3 is 0 Å². The molecular weight excluding hydrogens is 376 g/mol. The van der Waals surface area contributed by atoms with Crippen LogP contribution in [-0.4, -0.2) is 41.4 Å². The summed E-state index contributed by atoms with van der Waals surface area (Å²) in [5.74, 6) is 0.135. The van der Waals surface area contributed by atoms with Crippen LogP contribution in [0.2, 0.25) is 0 Å². The number of H-pyrrole nitrogens is 1. The van der Waals surface area contributed by atoms with Gasteiger partial charge in [0.15, 0.2) is 0 Å². The molecule has 2 heterocycles. The summed E-state index contributed by atoms with van der Waals surface area (Å²) in [6, 6.07) is 14.6. The molecule has 5 nitrogen and oxygen atoms in total. The minimum atomic E-state index is -0.281. The van der Waals surface area contributed by atoms with Crippen molar-refractivity contribution in [3.8, 4) is 5.75 Å². The molecule has 152 valence electrons. The van der Waals surface area contributed by atoms with Crippen LogP contribution in [0.25, 0.3) is 0 Å². The van der Waals surface area contributed by atoms with Crippen molar-refractivity contribution in [2.45, 2.75) is 19.1 Å². The minimum Gasteiger partial charge on any atom is -0.493 e. The summed E-state index contributed by atoms with van der Waals surface area (Å²) in [5, 5.41) is 7.44. The number of rotatable bonds is 7. The van der Waals surface area contributed by atoms with Crippen LogP contribution >= 0.6 is 0 Å². The Morgan fingerprint density at radius 2 is 1.79 bits per heavy atom. The number of nitrogens with zero attached hydrogens (tertiary/aromatic N) is 2. The maximum absolute atomic E-state index is 13.1. The van der Waals surface area contributed by atoms with Crippen molar-refractivity contribution >= 4 is 0 Å². The quantitative estimate of drug-likeness (QED) is 0.655. The largest absolute Gasteiger partial charge is 0.493 e. The van der Waals surface area contributed by atoms with Crippen LogP contribution in [0, 0.1) is 11.6 Å². The van der Waals surface area contributed by atoms with Gasteiger partial charge in [0.2, 0.25) is 0 Å². The molecule has 4 rings (SSSR count). The molecular formula is C22H23F2N3O2. The number of hydrogen-bond acceptors (Lipinski definition) is 4. The second-order valence-electron chi connectivity index (χ2n) is 7.09. The first-order valence-corrected chi connectivity index (χ1v) is 9.67. The number of nitrogens with one attached hydrogen (secondary N) is 1. The Labute approximate surface area is 168 Å². The Morgan fingerprint density at radius 3 is 2.55 bits per heavy atom. The van der Waals surface area contributed by atoms with E-state index in [4.69, 9.17) is 9.47 Å². The molecule has 1 saturated heterocycles. The van der Waals surface area contributed by atoms with Gasteiger partial charge in [-0.3, -0.25) is 10.00 Å². The van der Waals surface area contributed by atoms with Crippen LogP contribution in [0.5, 0.6) is 5.75 Å². The van der Waals surface area contributed by atoms with E-state index in [-0.39, 0.29) is 17.7 Å². The zero-order valence-corrected chi connectivity index (χ0v) is 16.0. The highest BCUT2D eigenvalue weighted by molar-refractivity contribution is 5.22. The Hall–Kier alpha value is -2.77. The predicted octanol–water partition coefficient (Wildman–Crippen LogP) is 3.88. The Bertz CT molecular complexity index is 913. The van der Waals surface area contributed by atoms with Gasteiger partial charge in [-0.05, 0) is 48.0 Å². The smallest absolute Gasteiger partial charge is 0.123 e. The van der Waals surface area contributed by atoms with Gasteiger partial charge in [0.25, 0.3) is 0 Å². The SMILES string of the molecule is Fc1ccc(CN2CCO[C@H](c3cc(CCOc4ccc(F)cc4)[nH]n3)C2)cc1. The normalized spacial score (nSPS) is 17.4. The second-order valence-corrected chi connectivity index (χ2v) is 7.09. The summed E-state index contributed by atoms with van der Waals surface area (Å²) in [6.07, 6.45) is 0.559. The van der Waals surface area contributed by atoms with Gasteiger partial charge in [-0.25, -0.2) is 8.78 Å². The molecule has 7 heteroatoms. The molecule has 0 spiro atoms. The van der Waals surface area contributed by atoms with Crippen molar-refractivity contribution in [2.75, 3.05) is 26.3 Å². The standard InChI is InChI=1S/C22H23F2N3O2/c23-17-3-1-16(2-4-17)14-27-10-12-29-22(15-27)21-13-19(25-26-21)9-11-28-20-7-5-18(24)6-8-20/h1-8,13,22H,9-12,14-15H2,(H,25,26)/t22-/m0/s1. The van der Waals surface area contributed by atoms with Crippen molar-refractivity contribution < 1.29 is 18.3 Å². The average molecular weight is 399 g/mol. The summed E-state index contributed by atoms with van der Waals surface area (Å²) in [4.78, 5) is 2.29.